The number of nitrogens with one attached hydrogen (secondary N) is 1. The summed E-state index contributed by atoms with van der Waals surface area (Å²) in [7, 11) is 0. The van der Waals surface area contributed by atoms with E-state index >= 15 is 0 Å². The van der Waals surface area contributed by atoms with Crippen LogP contribution in [0.3, 0.4) is 0 Å². The van der Waals surface area contributed by atoms with E-state index in [1.807, 2.05) is 55.5 Å². The van der Waals surface area contributed by atoms with Crippen LogP contribution in [0.5, 0.6) is 5.75 Å². The van der Waals surface area contributed by atoms with Gasteiger partial charge >= 0.3 is 5.91 Å². The molecular weight excluding hydrogens is 316 g/mol. The van der Waals surface area contributed by atoms with Gasteiger partial charge in [0.1, 0.15) is 11.3 Å². The largest absolute Gasteiger partial charge is 0.491 e. The average molecular weight is 336 g/mol. The standard InChI is InChI=1S/C20H20N2O3/c1-3-14(2)24-17-10-8-15(9-11-17)13-21-22-20(23)19-12-16-6-4-5-7-18(16)25-19/h4-14H,3H2,1-2H3,(H,22,23)/b21-13+/t14-/m0/s1. The quantitative estimate of drug-likeness (QED) is 0.537. The number of nitrogens with zero attached hydrogens (tertiary/aromatic N) is 1. The fourth-order valence-electron chi connectivity index (χ4n) is 2.26. The molecule has 25 heavy (non-hydrogen) atoms. The van der Waals surface area contributed by atoms with Crippen LogP contribution in [0.25, 0.3) is 11.0 Å². The molecule has 0 spiro atoms. The van der Waals surface area contributed by atoms with Crippen LogP contribution in [0, 0.1) is 0 Å². The van der Waals surface area contributed by atoms with Crippen molar-refractivity contribution in [1.29, 1.82) is 0 Å². The van der Waals surface area contributed by atoms with Gasteiger partial charge < -0.3 is 9.15 Å². The highest BCUT2D eigenvalue weighted by molar-refractivity contribution is 5.96. The van der Waals surface area contributed by atoms with Gasteiger partial charge in [0.15, 0.2) is 5.76 Å². The molecule has 0 aliphatic carbocycles. The van der Waals surface area contributed by atoms with E-state index in [2.05, 4.69) is 17.5 Å². The van der Waals surface area contributed by atoms with Gasteiger partial charge in [0.25, 0.3) is 0 Å². The molecule has 5 nitrogen and oxygen atoms in total. The molecule has 0 fully saturated rings. The Hall–Kier alpha value is -3.08. The van der Waals surface area contributed by atoms with Gasteiger partial charge in [-0.25, -0.2) is 5.43 Å². The molecule has 0 aliphatic rings. The maximum Gasteiger partial charge on any atom is 0.307 e. The molecule has 128 valence electrons. The van der Waals surface area contributed by atoms with Gasteiger partial charge in [-0.15, -0.1) is 0 Å². The van der Waals surface area contributed by atoms with E-state index in [-0.39, 0.29) is 17.8 Å². The Labute approximate surface area is 146 Å². The zero-order valence-corrected chi connectivity index (χ0v) is 14.2. The monoisotopic (exact) mass is 336 g/mol. The zero-order chi connectivity index (χ0) is 17.6. The zero-order valence-electron chi connectivity index (χ0n) is 14.2. The van der Waals surface area contributed by atoms with Crippen LogP contribution >= 0.6 is 0 Å². The number of carbonyl (C=O) groups is 1. The maximum absolute atomic E-state index is 12.1. The lowest BCUT2D eigenvalue weighted by Crippen LogP contribution is -2.16. The highest BCUT2D eigenvalue weighted by Gasteiger charge is 2.10. The summed E-state index contributed by atoms with van der Waals surface area (Å²) in [6.45, 7) is 4.11. The van der Waals surface area contributed by atoms with Crippen LogP contribution in [0.15, 0.2) is 64.1 Å². The lowest BCUT2D eigenvalue weighted by Gasteiger charge is -2.12. The summed E-state index contributed by atoms with van der Waals surface area (Å²) in [4.78, 5) is 12.1. The first-order valence-corrected chi connectivity index (χ1v) is 8.24. The SMILES string of the molecule is CC[C@H](C)Oc1ccc(/C=N/NC(=O)c2cc3ccccc3o2)cc1. The number of fused-ring (bicyclic) bond motifs is 1. The molecule has 3 rings (SSSR count). The lowest BCUT2D eigenvalue weighted by molar-refractivity contribution is 0.0929. The highest BCUT2D eigenvalue weighted by atomic mass is 16.5. The Morgan fingerprint density at radius 1 is 1.24 bits per heavy atom. The molecule has 0 aliphatic heterocycles. The van der Waals surface area contributed by atoms with Crippen molar-refractivity contribution in [1.82, 2.24) is 5.43 Å². The highest BCUT2D eigenvalue weighted by Crippen LogP contribution is 2.18. The molecule has 3 aromatic rings. The molecule has 2 aromatic carbocycles. The molecule has 1 atom stereocenters. The molecule has 0 bridgehead atoms. The lowest BCUT2D eigenvalue weighted by atomic mass is 10.2. The summed E-state index contributed by atoms with van der Waals surface area (Å²) in [5.41, 5.74) is 4.01. The fourth-order valence-corrected chi connectivity index (χ4v) is 2.26. The van der Waals surface area contributed by atoms with Crippen molar-refractivity contribution in [3.05, 3.63) is 65.9 Å². The van der Waals surface area contributed by atoms with Gasteiger partial charge in [0.05, 0.1) is 12.3 Å². The van der Waals surface area contributed by atoms with Crippen molar-refractivity contribution >= 4 is 23.1 Å². The number of para-hydroxylation sites is 1. The van der Waals surface area contributed by atoms with Gasteiger partial charge in [-0.2, -0.15) is 5.10 Å². The normalized spacial score (nSPS) is 12.4. The van der Waals surface area contributed by atoms with Crippen LogP contribution in [-0.2, 0) is 0 Å². The van der Waals surface area contributed by atoms with Crippen LogP contribution in [0.1, 0.15) is 36.4 Å². The number of hydrogen-bond donors (Lipinski definition) is 1. The number of amides is 1. The van der Waals surface area contributed by atoms with Crippen LogP contribution in [0.4, 0.5) is 0 Å². The number of rotatable bonds is 6. The van der Waals surface area contributed by atoms with Gasteiger partial charge in [0, 0.05) is 5.39 Å². The minimum Gasteiger partial charge on any atom is -0.491 e. The van der Waals surface area contributed by atoms with Gasteiger partial charge in [0.2, 0.25) is 0 Å². The fraction of sp³-hybridized carbons (Fsp3) is 0.200. The number of benzene rings is 2. The van der Waals surface area contributed by atoms with E-state index in [1.54, 1.807) is 12.3 Å². The second-order valence-corrected chi connectivity index (χ2v) is 5.75. The van der Waals surface area contributed by atoms with Crippen molar-refractivity contribution in [2.45, 2.75) is 26.4 Å². The first-order chi connectivity index (χ1) is 12.2. The molecule has 1 amide bonds. The van der Waals surface area contributed by atoms with Crippen LogP contribution in [0.2, 0.25) is 0 Å². The number of furan rings is 1. The van der Waals surface area contributed by atoms with Crippen LogP contribution < -0.4 is 10.2 Å². The van der Waals surface area contributed by atoms with Crippen molar-refractivity contribution in [2.75, 3.05) is 0 Å². The van der Waals surface area contributed by atoms with E-state index in [1.165, 1.54) is 0 Å². The third-order valence-corrected chi connectivity index (χ3v) is 3.82. The minimum absolute atomic E-state index is 0.183. The summed E-state index contributed by atoms with van der Waals surface area (Å²) < 4.78 is 11.2. The topological polar surface area (TPSA) is 63.8 Å². The molecule has 1 aromatic heterocycles. The molecule has 0 radical (unpaired) electrons. The summed E-state index contributed by atoms with van der Waals surface area (Å²) in [6, 6.07) is 16.7. The first-order valence-electron chi connectivity index (χ1n) is 8.24. The van der Waals surface area contributed by atoms with E-state index in [0.29, 0.717) is 5.58 Å². The Kier molecular flexibility index (Phi) is 5.14. The van der Waals surface area contributed by atoms with Crippen molar-refractivity contribution < 1.29 is 13.9 Å². The summed E-state index contributed by atoms with van der Waals surface area (Å²) in [5.74, 6) is 0.664. The molecule has 5 heteroatoms. The minimum atomic E-state index is -0.385. The molecule has 1 heterocycles. The number of hydrazone groups is 1. The second kappa shape index (κ2) is 7.66. The molecule has 0 saturated heterocycles. The van der Waals surface area contributed by atoms with Crippen molar-refractivity contribution in [2.24, 2.45) is 5.10 Å². The van der Waals surface area contributed by atoms with E-state index < -0.39 is 0 Å². The Morgan fingerprint density at radius 3 is 2.72 bits per heavy atom. The predicted octanol–water partition coefficient (Wildman–Crippen LogP) is 4.37. The van der Waals surface area contributed by atoms with Gasteiger partial charge in [-0.1, -0.05) is 25.1 Å². The Bertz CT molecular complexity index is 848. The molecule has 0 saturated carbocycles. The van der Waals surface area contributed by atoms with Gasteiger partial charge in [-0.05, 0) is 55.3 Å². The predicted molar refractivity (Wildman–Crippen MR) is 98.1 cm³/mol. The smallest absolute Gasteiger partial charge is 0.307 e. The van der Waals surface area contributed by atoms with Crippen molar-refractivity contribution in [3.63, 3.8) is 0 Å². The average Bonchev–Trinajstić information content (AvgIpc) is 3.07. The Balaban J connectivity index is 1.59. The third-order valence-electron chi connectivity index (χ3n) is 3.82. The number of carbonyl (C=O) groups excluding carboxylic acids is 1. The second-order valence-electron chi connectivity index (χ2n) is 5.75. The first kappa shape index (κ1) is 16.8. The van der Waals surface area contributed by atoms with E-state index in [4.69, 9.17) is 9.15 Å². The van der Waals surface area contributed by atoms with E-state index in [9.17, 15) is 4.79 Å². The molecule has 0 unspecified atom stereocenters. The van der Waals surface area contributed by atoms with Crippen LogP contribution in [-0.4, -0.2) is 18.2 Å². The number of hydrogen-bond acceptors (Lipinski definition) is 4. The summed E-state index contributed by atoms with van der Waals surface area (Å²) in [6.07, 6.45) is 2.72. The van der Waals surface area contributed by atoms with E-state index in [0.717, 1.165) is 23.1 Å². The molecular formula is C20H20N2O3. The molecule has 1 N–H and O–H groups in total. The third kappa shape index (κ3) is 4.26. The number of ether oxygens (including phenoxy) is 1. The Morgan fingerprint density at radius 2 is 2.00 bits per heavy atom. The van der Waals surface area contributed by atoms with Gasteiger partial charge in [-0.3, -0.25) is 4.79 Å². The maximum atomic E-state index is 12.1. The summed E-state index contributed by atoms with van der Waals surface area (Å²) in [5, 5.41) is 4.85. The van der Waals surface area contributed by atoms with Crippen molar-refractivity contribution in [3.8, 4) is 5.75 Å². The summed E-state index contributed by atoms with van der Waals surface area (Å²) >= 11 is 0.